The zero-order valence-electron chi connectivity index (χ0n) is 17.2. The molecule has 0 atom stereocenters. The standard InChI is InChI=1S/C23H30N4O2/c1-18(2)26-12-14-27(15-13-26)21-10-8-20(9-11-21)23(29)25-17-22(28)24-16-19-6-4-3-5-7-19/h3-11,18H,12-17H2,1-2H3,(H,24,28)(H,25,29). The molecular weight excluding hydrogens is 364 g/mol. The van der Waals surface area contributed by atoms with Gasteiger partial charge in [-0.25, -0.2) is 0 Å². The first-order chi connectivity index (χ1) is 14.0. The number of anilines is 1. The average Bonchev–Trinajstić information content (AvgIpc) is 2.77. The lowest BCUT2D eigenvalue weighted by Gasteiger charge is -2.38. The van der Waals surface area contributed by atoms with Crippen molar-refractivity contribution in [1.29, 1.82) is 0 Å². The van der Waals surface area contributed by atoms with Gasteiger partial charge in [0.1, 0.15) is 0 Å². The summed E-state index contributed by atoms with van der Waals surface area (Å²) in [5, 5.41) is 5.49. The molecule has 29 heavy (non-hydrogen) atoms. The molecule has 1 aliphatic heterocycles. The Hall–Kier alpha value is -2.86. The third-order valence-corrected chi connectivity index (χ3v) is 5.28. The third kappa shape index (κ3) is 6.06. The highest BCUT2D eigenvalue weighted by atomic mass is 16.2. The van der Waals surface area contributed by atoms with Crippen LogP contribution in [0.15, 0.2) is 54.6 Å². The second-order valence-electron chi connectivity index (χ2n) is 7.61. The van der Waals surface area contributed by atoms with Gasteiger partial charge in [0.15, 0.2) is 0 Å². The zero-order chi connectivity index (χ0) is 20.6. The molecule has 0 bridgehead atoms. The molecule has 0 spiro atoms. The van der Waals surface area contributed by atoms with Crippen LogP contribution in [0.3, 0.4) is 0 Å². The Kier molecular flexibility index (Phi) is 7.25. The van der Waals surface area contributed by atoms with E-state index >= 15 is 0 Å². The second-order valence-corrected chi connectivity index (χ2v) is 7.61. The van der Waals surface area contributed by atoms with Crippen LogP contribution in [0.5, 0.6) is 0 Å². The molecular formula is C23H30N4O2. The molecule has 2 amide bonds. The maximum absolute atomic E-state index is 12.3. The molecule has 1 fully saturated rings. The third-order valence-electron chi connectivity index (χ3n) is 5.28. The number of carbonyl (C=O) groups excluding carboxylic acids is 2. The predicted octanol–water partition coefficient (Wildman–Crippen LogP) is 2.26. The van der Waals surface area contributed by atoms with Gasteiger partial charge < -0.3 is 15.5 Å². The van der Waals surface area contributed by atoms with Crippen LogP contribution in [-0.4, -0.2) is 55.5 Å². The van der Waals surface area contributed by atoms with Crippen molar-refractivity contribution < 1.29 is 9.59 Å². The number of amides is 2. The number of nitrogens with one attached hydrogen (secondary N) is 2. The summed E-state index contributed by atoms with van der Waals surface area (Å²) in [6.45, 7) is 8.96. The molecule has 1 saturated heterocycles. The van der Waals surface area contributed by atoms with E-state index in [1.54, 1.807) is 0 Å². The Morgan fingerprint density at radius 1 is 0.897 bits per heavy atom. The first kappa shape index (κ1) is 20.9. The van der Waals surface area contributed by atoms with Crippen LogP contribution >= 0.6 is 0 Å². The average molecular weight is 395 g/mol. The fourth-order valence-electron chi connectivity index (χ4n) is 3.44. The van der Waals surface area contributed by atoms with Crippen LogP contribution in [0.2, 0.25) is 0 Å². The van der Waals surface area contributed by atoms with E-state index in [-0.39, 0.29) is 18.4 Å². The van der Waals surface area contributed by atoms with E-state index < -0.39 is 0 Å². The van der Waals surface area contributed by atoms with Gasteiger partial charge in [0.25, 0.3) is 5.91 Å². The Bertz CT molecular complexity index is 797. The smallest absolute Gasteiger partial charge is 0.251 e. The summed E-state index contributed by atoms with van der Waals surface area (Å²) in [6, 6.07) is 17.9. The summed E-state index contributed by atoms with van der Waals surface area (Å²) in [5.74, 6) is -0.446. The van der Waals surface area contributed by atoms with Gasteiger partial charge in [-0.05, 0) is 43.7 Å². The molecule has 0 unspecified atom stereocenters. The van der Waals surface area contributed by atoms with Crippen LogP contribution in [0.1, 0.15) is 29.8 Å². The van der Waals surface area contributed by atoms with E-state index in [4.69, 9.17) is 0 Å². The number of hydrogen-bond donors (Lipinski definition) is 2. The quantitative estimate of drug-likeness (QED) is 0.756. The number of hydrogen-bond acceptors (Lipinski definition) is 4. The van der Waals surface area contributed by atoms with Crippen molar-refractivity contribution in [2.24, 2.45) is 0 Å². The van der Waals surface area contributed by atoms with E-state index in [9.17, 15) is 9.59 Å². The van der Waals surface area contributed by atoms with Gasteiger partial charge >= 0.3 is 0 Å². The highest BCUT2D eigenvalue weighted by molar-refractivity contribution is 5.96. The molecule has 1 aliphatic rings. The van der Waals surface area contributed by atoms with Gasteiger partial charge in [0, 0.05) is 50.0 Å². The fraction of sp³-hybridized carbons (Fsp3) is 0.391. The number of carbonyl (C=O) groups is 2. The highest BCUT2D eigenvalue weighted by Gasteiger charge is 2.19. The SMILES string of the molecule is CC(C)N1CCN(c2ccc(C(=O)NCC(=O)NCc3ccccc3)cc2)CC1. The molecule has 0 aliphatic carbocycles. The van der Waals surface area contributed by atoms with E-state index in [0.717, 1.165) is 37.4 Å². The lowest BCUT2D eigenvalue weighted by atomic mass is 10.1. The predicted molar refractivity (Wildman–Crippen MR) is 116 cm³/mol. The fourth-order valence-corrected chi connectivity index (χ4v) is 3.44. The van der Waals surface area contributed by atoms with Gasteiger partial charge in [-0.15, -0.1) is 0 Å². The highest BCUT2D eigenvalue weighted by Crippen LogP contribution is 2.18. The summed E-state index contributed by atoms with van der Waals surface area (Å²) in [7, 11) is 0. The molecule has 2 aromatic carbocycles. The van der Waals surface area contributed by atoms with Crippen LogP contribution in [0, 0.1) is 0 Å². The monoisotopic (exact) mass is 394 g/mol. The largest absolute Gasteiger partial charge is 0.369 e. The van der Waals surface area contributed by atoms with Crippen LogP contribution in [0.25, 0.3) is 0 Å². The Morgan fingerprint density at radius 2 is 1.55 bits per heavy atom. The maximum atomic E-state index is 12.3. The molecule has 6 heteroatoms. The second kappa shape index (κ2) is 10.1. The zero-order valence-corrected chi connectivity index (χ0v) is 17.2. The van der Waals surface area contributed by atoms with E-state index in [1.807, 2.05) is 54.6 Å². The van der Waals surface area contributed by atoms with E-state index in [0.29, 0.717) is 18.2 Å². The minimum atomic E-state index is -0.240. The molecule has 0 saturated carbocycles. The summed E-state index contributed by atoms with van der Waals surface area (Å²) >= 11 is 0. The lowest BCUT2D eigenvalue weighted by Crippen LogP contribution is -2.48. The number of piperazine rings is 1. The minimum Gasteiger partial charge on any atom is -0.369 e. The van der Waals surface area contributed by atoms with Gasteiger partial charge in [-0.1, -0.05) is 30.3 Å². The molecule has 154 valence electrons. The van der Waals surface area contributed by atoms with Gasteiger partial charge in [-0.3, -0.25) is 14.5 Å². The summed E-state index contributed by atoms with van der Waals surface area (Å²) in [4.78, 5) is 29.1. The van der Waals surface area contributed by atoms with Gasteiger partial charge in [0.05, 0.1) is 6.54 Å². The molecule has 1 heterocycles. The molecule has 0 aromatic heterocycles. The molecule has 6 nitrogen and oxygen atoms in total. The van der Waals surface area contributed by atoms with Crippen molar-refractivity contribution in [3.63, 3.8) is 0 Å². The van der Waals surface area contributed by atoms with E-state index in [1.165, 1.54) is 0 Å². The van der Waals surface area contributed by atoms with Crippen LogP contribution < -0.4 is 15.5 Å². The topological polar surface area (TPSA) is 64.7 Å². The number of rotatable bonds is 7. The van der Waals surface area contributed by atoms with Crippen molar-refractivity contribution >= 4 is 17.5 Å². The van der Waals surface area contributed by atoms with Crippen molar-refractivity contribution in [3.05, 3.63) is 65.7 Å². The lowest BCUT2D eigenvalue weighted by molar-refractivity contribution is -0.120. The Labute approximate surface area is 172 Å². The number of nitrogens with zero attached hydrogens (tertiary/aromatic N) is 2. The summed E-state index contributed by atoms with van der Waals surface area (Å²) < 4.78 is 0. The maximum Gasteiger partial charge on any atom is 0.251 e. The Morgan fingerprint density at radius 3 is 2.17 bits per heavy atom. The van der Waals surface area contributed by atoms with Crippen molar-refractivity contribution in [2.75, 3.05) is 37.6 Å². The summed E-state index contributed by atoms with van der Waals surface area (Å²) in [5.41, 5.74) is 2.72. The van der Waals surface area contributed by atoms with Crippen molar-refractivity contribution in [2.45, 2.75) is 26.4 Å². The van der Waals surface area contributed by atoms with Gasteiger partial charge in [0.2, 0.25) is 5.91 Å². The minimum absolute atomic E-state index is 0.0371. The normalized spacial score (nSPS) is 14.7. The van der Waals surface area contributed by atoms with Crippen LogP contribution in [0.4, 0.5) is 5.69 Å². The molecule has 0 radical (unpaired) electrons. The Balaban J connectivity index is 1.43. The molecule has 2 aromatic rings. The first-order valence-corrected chi connectivity index (χ1v) is 10.2. The van der Waals surface area contributed by atoms with Crippen LogP contribution in [-0.2, 0) is 11.3 Å². The molecule has 2 N–H and O–H groups in total. The summed E-state index contributed by atoms with van der Waals surface area (Å²) in [6.07, 6.45) is 0. The first-order valence-electron chi connectivity index (χ1n) is 10.2. The molecule has 3 rings (SSSR count). The number of benzene rings is 2. The van der Waals surface area contributed by atoms with E-state index in [2.05, 4.69) is 34.3 Å². The van der Waals surface area contributed by atoms with Crippen molar-refractivity contribution in [3.8, 4) is 0 Å². The van der Waals surface area contributed by atoms with Gasteiger partial charge in [-0.2, -0.15) is 0 Å². The van der Waals surface area contributed by atoms with Crippen molar-refractivity contribution in [1.82, 2.24) is 15.5 Å².